The highest BCUT2D eigenvalue weighted by Gasteiger charge is 2.66. The van der Waals surface area contributed by atoms with Gasteiger partial charge in [-0.25, -0.2) is 22.6 Å². The van der Waals surface area contributed by atoms with Crippen molar-refractivity contribution in [1.82, 2.24) is 29.8 Å². The van der Waals surface area contributed by atoms with Crippen LogP contribution in [0.4, 0.5) is 11.6 Å². The fraction of sp³-hybridized carbons (Fsp3) is 0.531. The average molecular weight is 647 g/mol. The van der Waals surface area contributed by atoms with Gasteiger partial charge in [-0.1, -0.05) is 37.3 Å². The Kier molecular flexibility index (Phi) is 6.70. The van der Waals surface area contributed by atoms with Crippen molar-refractivity contribution in [2.75, 3.05) is 29.3 Å². The Hall–Kier alpha value is -4.04. The number of carboxylic acids is 1. The smallest absolute Gasteiger partial charge is 0.306 e. The minimum Gasteiger partial charge on any atom is -0.481 e. The Morgan fingerprint density at radius 1 is 1.15 bits per heavy atom. The van der Waals surface area contributed by atoms with Crippen LogP contribution in [0.1, 0.15) is 74.1 Å². The van der Waals surface area contributed by atoms with Gasteiger partial charge in [0.1, 0.15) is 11.4 Å². The van der Waals surface area contributed by atoms with Crippen LogP contribution in [0.25, 0.3) is 5.65 Å². The quantitative estimate of drug-likeness (QED) is 0.257. The van der Waals surface area contributed by atoms with Crippen molar-refractivity contribution in [2.45, 2.75) is 74.6 Å². The number of hydrogen-bond acceptors (Lipinski definition) is 9. The van der Waals surface area contributed by atoms with E-state index in [4.69, 9.17) is 14.8 Å². The first-order chi connectivity index (χ1) is 22.0. The van der Waals surface area contributed by atoms with E-state index in [-0.39, 0.29) is 36.0 Å². The molecule has 46 heavy (non-hydrogen) atoms. The van der Waals surface area contributed by atoms with Crippen molar-refractivity contribution in [1.29, 1.82) is 0 Å². The van der Waals surface area contributed by atoms with Crippen LogP contribution in [-0.4, -0.2) is 74.2 Å². The molecule has 9 rings (SSSR count). The third-order valence-corrected chi connectivity index (χ3v) is 12.7. The van der Waals surface area contributed by atoms with Gasteiger partial charge in [-0.2, -0.15) is 4.98 Å². The second kappa shape index (κ2) is 10.5. The molecule has 5 aliphatic rings. The Morgan fingerprint density at radius 2 is 1.93 bits per heavy atom. The number of carbonyl (C=O) groups is 1. The highest BCUT2D eigenvalue weighted by atomic mass is 32.2. The highest BCUT2D eigenvalue weighted by molar-refractivity contribution is 7.93. The van der Waals surface area contributed by atoms with Gasteiger partial charge in [0.05, 0.1) is 35.6 Å². The molecule has 1 aromatic carbocycles. The minimum absolute atomic E-state index is 0.0200. The molecule has 2 saturated carbocycles. The van der Waals surface area contributed by atoms with E-state index in [1.807, 2.05) is 4.52 Å². The zero-order chi connectivity index (χ0) is 31.8. The monoisotopic (exact) mass is 646 g/mol. The summed E-state index contributed by atoms with van der Waals surface area (Å²) in [6.45, 7) is 6.79. The lowest BCUT2D eigenvalue weighted by atomic mass is 9.63. The molecule has 3 saturated heterocycles. The number of fused-ring (bicyclic) bond motifs is 2. The first-order valence-electron chi connectivity index (χ1n) is 16.0. The third-order valence-electron chi connectivity index (χ3n) is 10.9. The summed E-state index contributed by atoms with van der Waals surface area (Å²) < 4.78 is 36.9. The number of aromatic nitrogens is 6. The number of ether oxygens (including phenoxy) is 1. The summed E-state index contributed by atoms with van der Waals surface area (Å²) in [6.07, 6.45) is 5.11. The van der Waals surface area contributed by atoms with Crippen LogP contribution < -0.4 is 9.62 Å². The van der Waals surface area contributed by atoms with E-state index in [0.29, 0.717) is 31.1 Å². The standard InChI is InChI=1S/C32H38N8O5S/c1-19-14-23(39-13-12-31(2,18-39)22-6-4-3-5-7-22)16-40-27(19)34-29(37-40)32-15-21(17-45-32)25(32)26-33-30(36-35-26)38-46(43,44)24-10-8-20(9-11-24)28(41)42/h3-7,14,16,20-21,24-25H,8-13,15,17-18H2,1-2H3,(H,41,42)(H2,33,35,36,38)/t20?,21?,24?,25?,31-,32?/m0/s1. The lowest BCUT2D eigenvalue weighted by molar-refractivity contribution is -0.142. The number of sulfonamides is 1. The fourth-order valence-electron chi connectivity index (χ4n) is 8.18. The topological polar surface area (TPSA) is 168 Å². The molecule has 4 aromatic rings. The number of aryl methyl sites for hydroxylation is 1. The van der Waals surface area contributed by atoms with Crippen molar-refractivity contribution in [3.05, 3.63) is 65.4 Å². The maximum atomic E-state index is 13.1. The number of aliphatic carboxylic acids is 1. The Bertz CT molecular complexity index is 1920. The van der Waals surface area contributed by atoms with Crippen LogP contribution in [-0.2, 0) is 30.6 Å². The maximum absolute atomic E-state index is 13.1. The molecule has 3 N–H and O–H groups in total. The number of nitrogens with one attached hydrogen (secondary N) is 2. The van der Waals surface area contributed by atoms with Crippen LogP contribution in [0.3, 0.4) is 0 Å². The maximum Gasteiger partial charge on any atom is 0.306 e. The predicted octanol–water partition coefficient (Wildman–Crippen LogP) is 3.74. The third kappa shape index (κ3) is 4.67. The SMILES string of the molecule is Cc1cc(N2CC[C@](C)(c3ccccc3)C2)cn2nc(C34CC(CO3)C4c3nc(NS(=O)(=O)C4CCC(C(=O)O)CC4)n[nH]3)nc12. The van der Waals surface area contributed by atoms with E-state index in [1.165, 1.54) is 5.56 Å². The van der Waals surface area contributed by atoms with Gasteiger partial charge in [0.2, 0.25) is 10.0 Å². The van der Waals surface area contributed by atoms with Crippen LogP contribution in [0.15, 0.2) is 42.6 Å². The van der Waals surface area contributed by atoms with Gasteiger partial charge in [0.25, 0.3) is 5.95 Å². The number of carboxylic acid groups (broad SMARTS) is 1. The highest BCUT2D eigenvalue weighted by Crippen LogP contribution is 2.63. The Balaban J connectivity index is 1.01. The molecule has 4 atom stereocenters. The van der Waals surface area contributed by atoms with E-state index in [2.05, 4.69) is 81.2 Å². The zero-order valence-corrected chi connectivity index (χ0v) is 26.7. The van der Waals surface area contributed by atoms with Gasteiger partial charge in [-0.3, -0.25) is 9.89 Å². The van der Waals surface area contributed by atoms with E-state index in [1.54, 1.807) is 0 Å². The van der Waals surface area contributed by atoms with E-state index in [0.717, 1.165) is 42.8 Å². The summed E-state index contributed by atoms with van der Waals surface area (Å²) in [5.74, 6) is -0.258. The fourth-order valence-corrected chi connectivity index (χ4v) is 9.59. The number of pyridine rings is 1. The van der Waals surface area contributed by atoms with Crippen molar-refractivity contribution in [2.24, 2.45) is 11.8 Å². The van der Waals surface area contributed by atoms with Gasteiger partial charge >= 0.3 is 5.97 Å². The second-order valence-corrected chi connectivity index (χ2v) is 15.8. The van der Waals surface area contributed by atoms with Crippen LogP contribution in [0.5, 0.6) is 0 Å². The van der Waals surface area contributed by atoms with Crippen LogP contribution in [0.2, 0.25) is 0 Å². The Morgan fingerprint density at radius 3 is 2.67 bits per heavy atom. The van der Waals surface area contributed by atoms with E-state index < -0.39 is 32.8 Å². The molecule has 0 amide bonds. The molecule has 0 radical (unpaired) electrons. The summed E-state index contributed by atoms with van der Waals surface area (Å²) in [4.78, 5) is 23.2. The molecule has 2 aliphatic carbocycles. The van der Waals surface area contributed by atoms with Crippen molar-refractivity contribution >= 4 is 33.3 Å². The van der Waals surface area contributed by atoms with Crippen LogP contribution in [0, 0.1) is 18.8 Å². The zero-order valence-electron chi connectivity index (χ0n) is 25.9. The summed E-state index contributed by atoms with van der Waals surface area (Å²) in [7, 11) is -3.77. The number of rotatable bonds is 8. The first-order valence-corrected chi connectivity index (χ1v) is 17.6. The van der Waals surface area contributed by atoms with E-state index >= 15 is 0 Å². The van der Waals surface area contributed by atoms with Gasteiger partial charge in [0, 0.05) is 18.5 Å². The first kappa shape index (κ1) is 29.4. The predicted molar refractivity (Wildman–Crippen MR) is 169 cm³/mol. The summed E-state index contributed by atoms with van der Waals surface area (Å²) in [5, 5.41) is 20.7. The molecule has 3 aromatic heterocycles. The van der Waals surface area contributed by atoms with Crippen molar-refractivity contribution in [3.63, 3.8) is 0 Å². The number of nitrogens with zero attached hydrogens (tertiary/aromatic N) is 6. The minimum atomic E-state index is -3.77. The van der Waals surface area contributed by atoms with Gasteiger partial charge in [-0.15, -0.1) is 10.2 Å². The number of H-pyrrole nitrogens is 1. The largest absolute Gasteiger partial charge is 0.481 e. The van der Waals surface area contributed by atoms with Crippen molar-refractivity contribution in [3.8, 4) is 0 Å². The summed E-state index contributed by atoms with van der Waals surface area (Å²) in [5.41, 5.74) is 3.57. The number of anilines is 2. The summed E-state index contributed by atoms with van der Waals surface area (Å²) >= 11 is 0. The molecule has 242 valence electrons. The number of aromatic amines is 1. The molecule has 0 spiro atoms. The normalized spacial score (nSPS) is 30.9. The lowest BCUT2D eigenvalue weighted by Crippen LogP contribution is -2.44. The molecule has 6 heterocycles. The molecule has 3 unspecified atom stereocenters. The molecular formula is C32H38N8O5S. The molecular weight excluding hydrogens is 608 g/mol. The molecule has 2 bridgehead atoms. The molecule has 13 nitrogen and oxygen atoms in total. The Labute approximate surface area is 266 Å². The van der Waals surface area contributed by atoms with E-state index in [9.17, 15) is 18.3 Å². The lowest BCUT2D eigenvalue weighted by Gasteiger charge is -2.41. The average Bonchev–Trinajstić information content (AvgIpc) is 3.86. The van der Waals surface area contributed by atoms with Crippen molar-refractivity contribution < 1.29 is 23.1 Å². The van der Waals surface area contributed by atoms with Gasteiger partial charge < -0.3 is 14.7 Å². The number of hydrogen-bond donors (Lipinski definition) is 3. The number of benzene rings is 1. The van der Waals surface area contributed by atoms with Gasteiger partial charge in [0.15, 0.2) is 11.5 Å². The van der Waals surface area contributed by atoms with Crippen LogP contribution >= 0.6 is 0 Å². The molecule has 5 fully saturated rings. The molecule has 14 heteroatoms. The van der Waals surface area contributed by atoms with Gasteiger partial charge in [-0.05, 0) is 68.6 Å². The summed E-state index contributed by atoms with van der Waals surface area (Å²) in [6, 6.07) is 12.9. The second-order valence-electron chi connectivity index (χ2n) is 13.8. The molecule has 3 aliphatic heterocycles.